The summed E-state index contributed by atoms with van der Waals surface area (Å²) in [6.07, 6.45) is 1.29. The van der Waals surface area contributed by atoms with Gasteiger partial charge in [0.25, 0.3) is 0 Å². The lowest BCUT2D eigenvalue weighted by Gasteiger charge is -2.12. The normalized spacial score (nSPS) is 20.0. The number of nitrogens with one attached hydrogen (secondary N) is 1. The van der Waals surface area contributed by atoms with Crippen molar-refractivity contribution < 1.29 is 4.74 Å². The molecule has 1 unspecified atom stereocenters. The lowest BCUT2D eigenvalue weighted by Crippen LogP contribution is -2.27. The first-order chi connectivity index (χ1) is 7.79. The molecular weight excluding hydrogens is 286 g/mol. The van der Waals surface area contributed by atoms with E-state index in [2.05, 4.69) is 33.4 Å². The molecule has 16 heavy (non-hydrogen) atoms. The molecule has 2 nitrogen and oxygen atoms in total. The minimum atomic E-state index is 0.686. The van der Waals surface area contributed by atoms with Crippen molar-refractivity contribution in [2.45, 2.75) is 19.0 Å². The van der Waals surface area contributed by atoms with Crippen LogP contribution in [0, 0.1) is 0 Å². The average molecular weight is 302 g/mol. The van der Waals surface area contributed by atoms with Crippen LogP contribution >= 0.6 is 27.7 Å². The predicted octanol–water partition coefficient (Wildman–Crippen LogP) is 3.05. The van der Waals surface area contributed by atoms with Gasteiger partial charge in [0.05, 0.1) is 11.6 Å². The van der Waals surface area contributed by atoms with Crippen molar-refractivity contribution in [3.63, 3.8) is 0 Å². The lowest BCUT2D eigenvalue weighted by atomic mass is 10.2. The van der Waals surface area contributed by atoms with E-state index in [0.29, 0.717) is 6.04 Å². The molecule has 0 spiro atoms. The molecule has 1 aromatic rings. The predicted molar refractivity (Wildman–Crippen MR) is 73.3 cm³/mol. The molecular formula is C12H16BrNOS. The van der Waals surface area contributed by atoms with Crippen molar-refractivity contribution >= 4 is 27.7 Å². The van der Waals surface area contributed by atoms with E-state index in [-0.39, 0.29) is 0 Å². The summed E-state index contributed by atoms with van der Waals surface area (Å²) in [6, 6.07) is 6.92. The van der Waals surface area contributed by atoms with Crippen LogP contribution in [0.15, 0.2) is 22.7 Å². The van der Waals surface area contributed by atoms with E-state index >= 15 is 0 Å². The van der Waals surface area contributed by atoms with Crippen LogP contribution in [0.4, 0.5) is 0 Å². The van der Waals surface area contributed by atoms with Crippen molar-refractivity contribution in [3.8, 4) is 5.75 Å². The van der Waals surface area contributed by atoms with E-state index in [1.807, 2.05) is 17.8 Å². The molecule has 1 atom stereocenters. The molecule has 2 rings (SSSR count). The Morgan fingerprint density at radius 3 is 3.06 bits per heavy atom. The van der Waals surface area contributed by atoms with Crippen molar-refractivity contribution in [2.75, 3.05) is 18.6 Å². The molecule has 4 heteroatoms. The fourth-order valence-electron chi connectivity index (χ4n) is 1.78. The maximum atomic E-state index is 5.21. The highest BCUT2D eigenvalue weighted by molar-refractivity contribution is 9.10. The van der Waals surface area contributed by atoms with Gasteiger partial charge in [-0.1, -0.05) is 6.07 Å². The Bertz CT molecular complexity index is 353. The molecule has 0 bridgehead atoms. The van der Waals surface area contributed by atoms with Crippen molar-refractivity contribution in [3.05, 3.63) is 28.2 Å². The Morgan fingerprint density at radius 1 is 1.56 bits per heavy atom. The van der Waals surface area contributed by atoms with E-state index in [4.69, 9.17) is 4.74 Å². The molecule has 0 aliphatic carbocycles. The van der Waals surface area contributed by atoms with E-state index in [1.54, 1.807) is 7.11 Å². The first-order valence-electron chi connectivity index (χ1n) is 5.43. The van der Waals surface area contributed by atoms with Crippen molar-refractivity contribution in [1.82, 2.24) is 5.32 Å². The van der Waals surface area contributed by atoms with Gasteiger partial charge < -0.3 is 10.1 Å². The molecule has 1 aliphatic rings. The third-order valence-electron chi connectivity index (χ3n) is 2.74. The lowest BCUT2D eigenvalue weighted by molar-refractivity contribution is 0.412. The number of rotatable bonds is 4. The molecule has 1 aromatic carbocycles. The Labute approximate surface area is 109 Å². The van der Waals surface area contributed by atoms with Crippen LogP contribution in [0.1, 0.15) is 12.0 Å². The number of thioether (sulfide) groups is 1. The topological polar surface area (TPSA) is 21.3 Å². The second kappa shape index (κ2) is 5.94. The third kappa shape index (κ3) is 3.15. The minimum absolute atomic E-state index is 0.686. The highest BCUT2D eigenvalue weighted by Gasteiger charge is 2.14. The maximum Gasteiger partial charge on any atom is 0.133 e. The number of methoxy groups -OCH3 is 1. The van der Waals surface area contributed by atoms with Crippen LogP contribution in [0.2, 0.25) is 0 Å². The van der Waals surface area contributed by atoms with Gasteiger partial charge in [-0.2, -0.15) is 11.8 Å². The van der Waals surface area contributed by atoms with Crippen LogP contribution in [0.3, 0.4) is 0 Å². The quantitative estimate of drug-likeness (QED) is 0.923. The largest absolute Gasteiger partial charge is 0.496 e. The van der Waals surface area contributed by atoms with Crippen LogP contribution in [-0.4, -0.2) is 24.7 Å². The summed E-state index contributed by atoms with van der Waals surface area (Å²) >= 11 is 5.54. The summed E-state index contributed by atoms with van der Waals surface area (Å²) in [4.78, 5) is 0. The maximum absolute atomic E-state index is 5.21. The summed E-state index contributed by atoms with van der Waals surface area (Å²) in [5.74, 6) is 3.43. The van der Waals surface area contributed by atoms with Gasteiger partial charge in [-0.15, -0.1) is 0 Å². The molecule has 0 saturated carbocycles. The molecule has 1 heterocycles. The summed E-state index contributed by atoms with van der Waals surface area (Å²) in [7, 11) is 1.69. The van der Waals surface area contributed by atoms with Crippen LogP contribution < -0.4 is 10.1 Å². The Morgan fingerprint density at radius 2 is 2.44 bits per heavy atom. The van der Waals surface area contributed by atoms with Crippen molar-refractivity contribution in [2.24, 2.45) is 0 Å². The van der Waals surface area contributed by atoms with Gasteiger partial charge >= 0.3 is 0 Å². The molecule has 1 N–H and O–H groups in total. The Hall–Kier alpha value is -0.190. The highest BCUT2D eigenvalue weighted by atomic mass is 79.9. The van der Waals surface area contributed by atoms with E-state index in [9.17, 15) is 0 Å². The average Bonchev–Trinajstić information content (AvgIpc) is 2.79. The number of halogens is 1. The monoisotopic (exact) mass is 301 g/mol. The van der Waals surface area contributed by atoms with Gasteiger partial charge in [0.2, 0.25) is 0 Å². The smallest absolute Gasteiger partial charge is 0.133 e. The van der Waals surface area contributed by atoms with Gasteiger partial charge in [0.15, 0.2) is 0 Å². The summed E-state index contributed by atoms with van der Waals surface area (Å²) in [5.41, 5.74) is 1.30. The summed E-state index contributed by atoms with van der Waals surface area (Å²) < 4.78 is 6.23. The summed E-state index contributed by atoms with van der Waals surface area (Å²) in [5, 5.41) is 3.58. The van der Waals surface area contributed by atoms with Gasteiger partial charge in [-0.25, -0.2) is 0 Å². The number of benzene rings is 1. The zero-order chi connectivity index (χ0) is 11.4. The molecule has 0 amide bonds. The standard InChI is InChI=1S/C12H16BrNOS/c1-15-12-3-2-9(6-11(12)13)7-14-10-4-5-16-8-10/h2-3,6,10,14H,4-5,7-8H2,1H3. The minimum Gasteiger partial charge on any atom is -0.496 e. The molecule has 0 radical (unpaired) electrons. The van der Waals surface area contributed by atoms with Crippen molar-refractivity contribution in [1.29, 1.82) is 0 Å². The second-order valence-electron chi connectivity index (χ2n) is 3.91. The first-order valence-corrected chi connectivity index (χ1v) is 7.38. The summed E-state index contributed by atoms with van der Waals surface area (Å²) in [6.45, 7) is 0.938. The molecule has 88 valence electrons. The highest BCUT2D eigenvalue weighted by Crippen LogP contribution is 2.25. The molecule has 1 saturated heterocycles. The fourth-order valence-corrected chi connectivity index (χ4v) is 3.55. The van der Waals surface area contributed by atoms with Gasteiger partial charge in [0, 0.05) is 18.3 Å². The number of hydrogen-bond donors (Lipinski definition) is 1. The Kier molecular flexibility index (Phi) is 4.55. The number of hydrogen-bond acceptors (Lipinski definition) is 3. The third-order valence-corrected chi connectivity index (χ3v) is 4.52. The van der Waals surface area contributed by atoms with Crippen LogP contribution in [-0.2, 0) is 6.54 Å². The van der Waals surface area contributed by atoms with Crippen LogP contribution in [0.25, 0.3) is 0 Å². The van der Waals surface area contributed by atoms with Gasteiger partial charge in [0.1, 0.15) is 5.75 Å². The zero-order valence-corrected chi connectivity index (χ0v) is 11.7. The zero-order valence-electron chi connectivity index (χ0n) is 9.33. The van der Waals surface area contributed by atoms with E-state index in [0.717, 1.165) is 16.8 Å². The van der Waals surface area contributed by atoms with E-state index in [1.165, 1.54) is 23.5 Å². The molecule has 0 aromatic heterocycles. The first kappa shape index (κ1) is 12.3. The number of ether oxygens (including phenoxy) is 1. The Balaban J connectivity index is 1.91. The van der Waals surface area contributed by atoms with Crippen LogP contribution in [0.5, 0.6) is 5.75 Å². The van der Waals surface area contributed by atoms with Gasteiger partial charge in [-0.3, -0.25) is 0 Å². The fraction of sp³-hybridized carbons (Fsp3) is 0.500. The van der Waals surface area contributed by atoms with E-state index < -0.39 is 0 Å². The molecule has 1 aliphatic heterocycles. The molecule has 1 fully saturated rings. The van der Waals surface area contributed by atoms with Gasteiger partial charge in [-0.05, 0) is 45.8 Å². The SMILES string of the molecule is COc1ccc(CNC2CCSC2)cc1Br. The second-order valence-corrected chi connectivity index (χ2v) is 5.91.